The quantitative estimate of drug-likeness (QED) is 0.619. The van der Waals surface area contributed by atoms with Crippen LogP contribution in [0.4, 0.5) is 15.8 Å². The van der Waals surface area contributed by atoms with E-state index in [0.717, 1.165) is 18.6 Å². The highest BCUT2D eigenvalue weighted by molar-refractivity contribution is 6.31. The van der Waals surface area contributed by atoms with E-state index < -0.39 is 16.8 Å². The second-order valence-corrected chi connectivity index (χ2v) is 4.27. The zero-order valence-electron chi connectivity index (χ0n) is 9.82. The number of nitro groups is 1. The fourth-order valence-corrected chi connectivity index (χ4v) is 1.65. The zero-order valence-corrected chi connectivity index (χ0v) is 10.6. The first-order valence-electron chi connectivity index (χ1n) is 5.51. The van der Waals surface area contributed by atoms with Gasteiger partial charge >= 0.3 is 0 Å². The van der Waals surface area contributed by atoms with Crippen molar-refractivity contribution >= 4 is 23.0 Å². The average molecular weight is 277 g/mol. The number of nitro benzene ring substituents is 1. The van der Waals surface area contributed by atoms with Gasteiger partial charge in [-0.2, -0.15) is 0 Å². The Balaban J connectivity index is 2.86. The lowest BCUT2D eigenvalue weighted by Crippen LogP contribution is -2.19. The molecule has 1 aromatic rings. The van der Waals surface area contributed by atoms with Crippen molar-refractivity contribution in [2.75, 3.05) is 11.9 Å². The molecule has 1 unspecified atom stereocenters. The number of rotatable bonds is 6. The molecule has 0 aliphatic carbocycles. The summed E-state index contributed by atoms with van der Waals surface area (Å²) in [6, 6.07) is 1.91. The van der Waals surface area contributed by atoms with Crippen LogP contribution in [0, 0.1) is 15.9 Å². The smallest absolute Gasteiger partial charge is 0.294 e. The Kier molecular flexibility index (Phi) is 5.30. The molecule has 0 aliphatic rings. The molecule has 0 aliphatic heterocycles. The van der Waals surface area contributed by atoms with E-state index in [2.05, 4.69) is 5.32 Å². The minimum atomic E-state index is -0.741. The highest BCUT2D eigenvalue weighted by Crippen LogP contribution is 2.30. The second-order valence-electron chi connectivity index (χ2n) is 3.86. The van der Waals surface area contributed by atoms with Crippen molar-refractivity contribution in [3.8, 4) is 0 Å². The molecule has 2 N–H and O–H groups in total. The van der Waals surface area contributed by atoms with E-state index in [-0.39, 0.29) is 22.9 Å². The van der Waals surface area contributed by atoms with Crippen LogP contribution in [0.25, 0.3) is 0 Å². The highest BCUT2D eigenvalue weighted by Gasteiger charge is 2.18. The van der Waals surface area contributed by atoms with E-state index >= 15 is 0 Å². The Hall–Kier alpha value is -1.40. The molecule has 0 saturated carbocycles. The largest absolute Gasteiger partial charge is 0.391 e. The molecule has 1 rings (SSSR count). The van der Waals surface area contributed by atoms with Crippen molar-refractivity contribution < 1.29 is 14.4 Å². The summed E-state index contributed by atoms with van der Waals surface area (Å²) in [5.41, 5.74) is -0.304. The molecule has 18 heavy (non-hydrogen) atoms. The Bertz CT molecular complexity index is 443. The van der Waals surface area contributed by atoms with Crippen molar-refractivity contribution in [2.24, 2.45) is 0 Å². The van der Waals surface area contributed by atoms with Crippen LogP contribution in [-0.4, -0.2) is 22.7 Å². The molecule has 1 aromatic carbocycles. The van der Waals surface area contributed by atoms with Gasteiger partial charge in [0.15, 0.2) is 0 Å². The number of nitrogens with zero attached hydrogens (tertiary/aromatic N) is 1. The summed E-state index contributed by atoms with van der Waals surface area (Å²) < 4.78 is 13.2. The Morgan fingerprint density at radius 1 is 1.61 bits per heavy atom. The van der Waals surface area contributed by atoms with Crippen LogP contribution < -0.4 is 5.32 Å². The molecular formula is C11H14ClFN2O3. The van der Waals surface area contributed by atoms with Crippen LogP contribution in [0.1, 0.15) is 19.8 Å². The SMILES string of the molecule is CCCC(O)CNc1cc(F)c(Cl)cc1[N+](=O)[O-]. The lowest BCUT2D eigenvalue weighted by atomic mass is 10.2. The molecule has 0 bridgehead atoms. The third-order valence-electron chi connectivity index (χ3n) is 2.39. The average Bonchev–Trinajstić information content (AvgIpc) is 2.30. The van der Waals surface area contributed by atoms with E-state index in [1.807, 2.05) is 6.92 Å². The van der Waals surface area contributed by atoms with E-state index in [1.54, 1.807) is 0 Å². The Labute approximate surface area is 109 Å². The minimum absolute atomic E-state index is 0.0112. The molecule has 0 radical (unpaired) electrons. The summed E-state index contributed by atoms with van der Waals surface area (Å²) in [6.45, 7) is 2.03. The third kappa shape index (κ3) is 3.82. The highest BCUT2D eigenvalue weighted by atomic mass is 35.5. The third-order valence-corrected chi connectivity index (χ3v) is 2.67. The van der Waals surface area contributed by atoms with Gasteiger partial charge in [0.05, 0.1) is 16.0 Å². The minimum Gasteiger partial charge on any atom is -0.391 e. The predicted octanol–water partition coefficient (Wildman–Crippen LogP) is 2.96. The molecule has 0 saturated heterocycles. The van der Waals surface area contributed by atoms with Gasteiger partial charge in [-0.25, -0.2) is 4.39 Å². The van der Waals surface area contributed by atoms with Gasteiger partial charge in [0.25, 0.3) is 5.69 Å². The number of hydrogen-bond donors (Lipinski definition) is 2. The predicted molar refractivity (Wildman–Crippen MR) is 67.5 cm³/mol. The maximum atomic E-state index is 13.2. The molecule has 0 spiro atoms. The van der Waals surface area contributed by atoms with Gasteiger partial charge < -0.3 is 10.4 Å². The van der Waals surface area contributed by atoms with Crippen LogP contribution in [0.2, 0.25) is 5.02 Å². The fraction of sp³-hybridized carbons (Fsp3) is 0.455. The summed E-state index contributed by atoms with van der Waals surface area (Å²) in [5, 5.41) is 22.6. The maximum Gasteiger partial charge on any atom is 0.294 e. The Morgan fingerprint density at radius 2 is 2.28 bits per heavy atom. The van der Waals surface area contributed by atoms with Crippen molar-refractivity contribution in [3.63, 3.8) is 0 Å². The summed E-state index contributed by atoms with van der Waals surface area (Å²) in [5.74, 6) is -0.741. The maximum absolute atomic E-state index is 13.2. The number of aliphatic hydroxyl groups excluding tert-OH is 1. The van der Waals surface area contributed by atoms with Crippen molar-refractivity contribution in [2.45, 2.75) is 25.9 Å². The molecule has 100 valence electrons. The first-order chi connectivity index (χ1) is 8.45. The van der Waals surface area contributed by atoms with Crippen molar-refractivity contribution in [1.82, 2.24) is 0 Å². The number of hydrogen-bond acceptors (Lipinski definition) is 4. The number of aliphatic hydroxyl groups is 1. The van der Waals surface area contributed by atoms with E-state index in [1.165, 1.54) is 0 Å². The van der Waals surface area contributed by atoms with Gasteiger partial charge in [0.1, 0.15) is 11.5 Å². The van der Waals surface area contributed by atoms with Crippen LogP contribution in [0.5, 0.6) is 0 Å². The van der Waals surface area contributed by atoms with Gasteiger partial charge in [0.2, 0.25) is 0 Å². The van der Waals surface area contributed by atoms with Gasteiger partial charge in [-0.05, 0) is 6.42 Å². The summed E-state index contributed by atoms with van der Waals surface area (Å²) in [7, 11) is 0. The fourth-order valence-electron chi connectivity index (χ4n) is 1.49. The Morgan fingerprint density at radius 3 is 2.83 bits per heavy atom. The summed E-state index contributed by atoms with van der Waals surface area (Å²) in [6.07, 6.45) is 0.727. The van der Waals surface area contributed by atoms with E-state index in [4.69, 9.17) is 11.6 Å². The second kappa shape index (κ2) is 6.51. The van der Waals surface area contributed by atoms with Crippen molar-refractivity contribution in [1.29, 1.82) is 0 Å². The van der Waals surface area contributed by atoms with Crippen LogP contribution in [-0.2, 0) is 0 Å². The van der Waals surface area contributed by atoms with E-state index in [0.29, 0.717) is 6.42 Å². The van der Waals surface area contributed by atoms with E-state index in [9.17, 15) is 19.6 Å². The lowest BCUT2D eigenvalue weighted by Gasteiger charge is -2.12. The van der Waals surface area contributed by atoms with Crippen LogP contribution >= 0.6 is 11.6 Å². The number of nitrogens with one attached hydrogen (secondary N) is 1. The molecule has 0 fully saturated rings. The molecule has 0 aromatic heterocycles. The molecule has 5 nitrogen and oxygen atoms in total. The molecule has 0 heterocycles. The standard InChI is InChI=1S/C11H14ClFN2O3/c1-2-3-7(16)6-14-10-5-9(13)8(12)4-11(10)15(17)18/h4-5,7,14,16H,2-3,6H2,1H3. The first-order valence-corrected chi connectivity index (χ1v) is 5.88. The molecular weight excluding hydrogens is 263 g/mol. The normalized spacial score (nSPS) is 12.2. The molecule has 0 amide bonds. The van der Waals surface area contributed by atoms with Crippen molar-refractivity contribution in [3.05, 3.63) is 33.1 Å². The van der Waals surface area contributed by atoms with Crippen LogP contribution in [0.15, 0.2) is 12.1 Å². The van der Waals surface area contributed by atoms with Gasteiger partial charge in [0, 0.05) is 18.7 Å². The van der Waals surface area contributed by atoms with Gasteiger partial charge in [-0.15, -0.1) is 0 Å². The summed E-state index contributed by atoms with van der Waals surface area (Å²) in [4.78, 5) is 10.1. The summed E-state index contributed by atoms with van der Waals surface area (Å²) >= 11 is 5.49. The molecule has 7 heteroatoms. The zero-order chi connectivity index (χ0) is 13.7. The van der Waals surface area contributed by atoms with Gasteiger partial charge in [-0.1, -0.05) is 24.9 Å². The number of benzene rings is 1. The number of halogens is 2. The monoisotopic (exact) mass is 276 g/mol. The lowest BCUT2D eigenvalue weighted by molar-refractivity contribution is -0.384. The van der Waals surface area contributed by atoms with Gasteiger partial charge in [-0.3, -0.25) is 10.1 Å². The number of anilines is 1. The van der Waals surface area contributed by atoms with Crippen LogP contribution in [0.3, 0.4) is 0 Å². The first kappa shape index (κ1) is 14.7. The molecule has 1 atom stereocenters. The topological polar surface area (TPSA) is 75.4 Å².